The molecule has 1 saturated carbocycles. The Morgan fingerprint density at radius 2 is 2.22 bits per heavy atom. The van der Waals surface area contributed by atoms with Crippen LogP contribution in [0, 0.1) is 24.1 Å². The van der Waals surface area contributed by atoms with Gasteiger partial charge in [0.1, 0.15) is 11.4 Å². The number of halogens is 1. The van der Waals surface area contributed by atoms with Gasteiger partial charge in [0.05, 0.1) is 11.6 Å². The Kier molecular flexibility index (Phi) is 2.95. The van der Waals surface area contributed by atoms with Crippen LogP contribution in [0.25, 0.3) is 0 Å². The summed E-state index contributed by atoms with van der Waals surface area (Å²) in [5.41, 5.74) is 5.21. The van der Waals surface area contributed by atoms with Gasteiger partial charge < -0.3 is 11.1 Å². The fourth-order valence-electron chi connectivity index (χ4n) is 2.06. The van der Waals surface area contributed by atoms with Crippen LogP contribution in [0.1, 0.15) is 35.2 Å². The first kappa shape index (κ1) is 12.4. The quantitative estimate of drug-likeness (QED) is 0.858. The molecule has 5 heteroatoms. The first-order valence-electron chi connectivity index (χ1n) is 5.77. The fraction of sp³-hybridized carbons (Fsp3) is 0.385. The second kappa shape index (κ2) is 4.30. The number of carbonyl (C=O) groups is 1. The van der Waals surface area contributed by atoms with Gasteiger partial charge in [-0.25, -0.2) is 4.39 Å². The number of nitrogens with zero attached hydrogens (tertiary/aromatic N) is 1. The number of hydrogen-bond acceptors (Lipinski definition) is 3. The Bertz CT molecular complexity index is 544. The van der Waals surface area contributed by atoms with Crippen molar-refractivity contribution in [2.45, 2.75) is 31.7 Å². The number of benzene rings is 1. The topological polar surface area (TPSA) is 78.9 Å². The third-order valence-corrected chi connectivity index (χ3v) is 3.45. The minimum Gasteiger partial charge on any atom is -0.367 e. The first-order valence-corrected chi connectivity index (χ1v) is 5.77. The minimum atomic E-state index is -0.791. The van der Waals surface area contributed by atoms with Gasteiger partial charge in [-0.3, -0.25) is 4.79 Å². The zero-order chi connectivity index (χ0) is 13.3. The van der Waals surface area contributed by atoms with Gasteiger partial charge in [0.2, 0.25) is 0 Å². The summed E-state index contributed by atoms with van der Waals surface area (Å²) in [6.07, 6.45) is 2.49. The number of primary amides is 1. The van der Waals surface area contributed by atoms with Crippen LogP contribution in [0.5, 0.6) is 0 Å². The highest BCUT2D eigenvalue weighted by Crippen LogP contribution is 2.36. The molecular weight excluding hydrogens is 233 g/mol. The molecule has 1 aromatic rings. The highest BCUT2D eigenvalue weighted by atomic mass is 19.1. The van der Waals surface area contributed by atoms with E-state index >= 15 is 0 Å². The molecule has 1 aromatic carbocycles. The van der Waals surface area contributed by atoms with E-state index in [1.54, 1.807) is 13.0 Å². The molecule has 18 heavy (non-hydrogen) atoms. The van der Waals surface area contributed by atoms with Crippen molar-refractivity contribution in [2.24, 2.45) is 5.73 Å². The van der Waals surface area contributed by atoms with E-state index in [1.165, 1.54) is 6.07 Å². The van der Waals surface area contributed by atoms with Crippen molar-refractivity contribution in [3.8, 4) is 6.07 Å². The largest absolute Gasteiger partial charge is 0.367 e. The Labute approximate surface area is 105 Å². The molecule has 0 atom stereocenters. The van der Waals surface area contributed by atoms with E-state index in [4.69, 9.17) is 11.0 Å². The summed E-state index contributed by atoms with van der Waals surface area (Å²) in [6, 6.07) is 5.16. The minimum absolute atomic E-state index is 0.127. The molecule has 0 radical (unpaired) electrons. The van der Waals surface area contributed by atoms with Gasteiger partial charge in [0, 0.05) is 11.3 Å². The number of rotatable bonds is 3. The SMILES string of the molecule is Cc1c(NC2(C#N)CCC2)ccc(C(N)=O)c1F. The molecule has 1 amide bonds. The van der Waals surface area contributed by atoms with Gasteiger partial charge in [0.25, 0.3) is 5.91 Å². The lowest BCUT2D eigenvalue weighted by atomic mass is 9.77. The zero-order valence-corrected chi connectivity index (χ0v) is 10.1. The Balaban J connectivity index is 2.33. The molecule has 4 nitrogen and oxygen atoms in total. The van der Waals surface area contributed by atoms with Crippen LogP contribution in [-0.2, 0) is 0 Å². The Morgan fingerprint density at radius 3 is 2.67 bits per heavy atom. The lowest BCUT2D eigenvalue weighted by molar-refractivity contribution is 0.0996. The molecule has 0 spiro atoms. The standard InChI is InChI=1S/C13H14FN3O/c1-8-10(17-13(7-15)5-2-6-13)4-3-9(11(8)14)12(16)18/h3-4,17H,2,5-6H2,1H3,(H2,16,18). The van der Waals surface area contributed by atoms with E-state index in [9.17, 15) is 9.18 Å². The predicted molar refractivity (Wildman–Crippen MR) is 65.5 cm³/mol. The van der Waals surface area contributed by atoms with Gasteiger partial charge >= 0.3 is 0 Å². The van der Waals surface area contributed by atoms with Crippen LogP contribution >= 0.6 is 0 Å². The average Bonchev–Trinajstić information content (AvgIpc) is 2.28. The highest BCUT2D eigenvalue weighted by Gasteiger charge is 2.37. The smallest absolute Gasteiger partial charge is 0.251 e. The van der Waals surface area contributed by atoms with Crippen LogP contribution in [0.4, 0.5) is 10.1 Å². The maximum atomic E-state index is 13.9. The molecule has 0 heterocycles. The molecule has 0 bridgehead atoms. The number of amides is 1. The van der Waals surface area contributed by atoms with Crippen LogP contribution in [-0.4, -0.2) is 11.4 Å². The van der Waals surface area contributed by atoms with Gasteiger partial charge in [0.15, 0.2) is 0 Å². The van der Waals surface area contributed by atoms with Crippen LogP contribution in [0.2, 0.25) is 0 Å². The molecule has 0 aromatic heterocycles. The maximum absolute atomic E-state index is 13.9. The first-order chi connectivity index (χ1) is 8.49. The summed E-state index contributed by atoms with van der Waals surface area (Å²) in [5, 5.41) is 12.2. The van der Waals surface area contributed by atoms with Gasteiger partial charge in [-0.1, -0.05) is 0 Å². The fourth-order valence-corrected chi connectivity index (χ4v) is 2.06. The molecule has 1 aliphatic rings. The summed E-state index contributed by atoms with van der Waals surface area (Å²) in [5.74, 6) is -1.42. The molecule has 94 valence electrons. The third-order valence-electron chi connectivity index (χ3n) is 3.45. The maximum Gasteiger partial charge on any atom is 0.251 e. The van der Waals surface area contributed by atoms with Crippen LogP contribution < -0.4 is 11.1 Å². The van der Waals surface area contributed by atoms with Crippen LogP contribution in [0.3, 0.4) is 0 Å². The number of anilines is 1. The number of nitrogens with one attached hydrogen (secondary N) is 1. The van der Waals surface area contributed by atoms with E-state index in [2.05, 4.69) is 11.4 Å². The summed E-state index contributed by atoms with van der Waals surface area (Å²) in [6.45, 7) is 1.56. The Hall–Kier alpha value is -2.09. The summed E-state index contributed by atoms with van der Waals surface area (Å²) in [4.78, 5) is 11.0. The molecule has 3 N–H and O–H groups in total. The highest BCUT2D eigenvalue weighted by molar-refractivity contribution is 5.93. The van der Waals surface area contributed by atoms with Crippen molar-refractivity contribution >= 4 is 11.6 Å². The lowest BCUT2D eigenvalue weighted by Crippen LogP contribution is -2.43. The van der Waals surface area contributed by atoms with Crippen molar-refractivity contribution < 1.29 is 9.18 Å². The zero-order valence-electron chi connectivity index (χ0n) is 10.1. The monoisotopic (exact) mass is 247 g/mol. The van der Waals surface area contributed by atoms with Crippen LogP contribution in [0.15, 0.2) is 12.1 Å². The molecule has 0 aliphatic heterocycles. The van der Waals surface area contributed by atoms with Crippen molar-refractivity contribution in [3.63, 3.8) is 0 Å². The Morgan fingerprint density at radius 1 is 1.56 bits per heavy atom. The van der Waals surface area contributed by atoms with E-state index in [1.807, 2.05) is 0 Å². The molecule has 0 unspecified atom stereocenters. The van der Waals surface area contributed by atoms with Crippen molar-refractivity contribution in [3.05, 3.63) is 29.1 Å². The van der Waals surface area contributed by atoms with E-state index < -0.39 is 17.3 Å². The normalized spacial score (nSPS) is 16.5. The second-order valence-electron chi connectivity index (χ2n) is 4.64. The molecule has 1 aliphatic carbocycles. The van der Waals surface area contributed by atoms with E-state index in [0.29, 0.717) is 11.3 Å². The number of nitriles is 1. The van der Waals surface area contributed by atoms with E-state index in [-0.39, 0.29) is 5.56 Å². The average molecular weight is 247 g/mol. The molecular formula is C13H14FN3O. The molecule has 2 rings (SSSR count). The third kappa shape index (κ3) is 1.90. The van der Waals surface area contributed by atoms with E-state index in [0.717, 1.165) is 19.3 Å². The van der Waals surface area contributed by atoms with Gasteiger partial charge in [-0.15, -0.1) is 0 Å². The van der Waals surface area contributed by atoms with Gasteiger partial charge in [-0.05, 0) is 38.3 Å². The number of hydrogen-bond donors (Lipinski definition) is 2. The summed E-state index contributed by atoms with van der Waals surface area (Å²) >= 11 is 0. The predicted octanol–water partition coefficient (Wildman–Crippen LogP) is 2.09. The summed E-state index contributed by atoms with van der Waals surface area (Å²) in [7, 11) is 0. The number of carbonyl (C=O) groups excluding carboxylic acids is 1. The van der Waals surface area contributed by atoms with Crippen molar-refractivity contribution in [1.82, 2.24) is 0 Å². The van der Waals surface area contributed by atoms with Crippen molar-refractivity contribution in [1.29, 1.82) is 5.26 Å². The number of nitrogens with two attached hydrogens (primary N) is 1. The summed E-state index contributed by atoms with van der Waals surface area (Å²) < 4.78 is 13.9. The van der Waals surface area contributed by atoms with Gasteiger partial charge in [-0.2, -0.15) is 5.26 Å². The lowest BCUT2D eigenvalue weighted by Gasteiger charge is -2.37. The van der Waals surface area contributed by atoms with Crippen molar-refractivity contribution in [2.75, 3.05) is 5.32 Å². The molecule has 0 saturated heterocycles. The molecule has 1 fully saturated rings. The second-order valence-corrected chi connectivity index (χ2v) is 4.64.